The lowest BCUT2D eigenvalue weighted by molar-refractivity contribution is -0.139. The first kappa shape index (κ1) is 38.4. The molecule has 2 aliphatic heterocycles. The van der Waals surface area contributed by atoms with E-state index in [-0.39, 0.29) is 23.1 Å². The third-order valence-corrected chi connectivity index (χ3v) is 12.1. The Labute approximate surface area is 301 Å². The highest BCUT2D eigenvalue weighted by atomic mass is 32.2. The normalized spacial score (nSPS) is 17.8. The fraction of sp³-hybridized carbons (Fsp3) is 0.513. The third kappa shape index (κ3) is 11.1. The van der Waals surface area contributed by atoms with Gasteiger partial charge in [0.15, 0.2) is 0 Å². The zero-order valence-electron chi connectivity index (χ0n) is 29.5. The number of carbonyl (C=O) groups is 3. The van der Waals surface area contributed by atoms with Gasteiger partial charge in [0.2, 0.25) is 21.8 Å². The fourth-order valence-corrected chi connectivity index (χ4v) is 8.61. The van der Waals surface area contributed by atoms with Gasteiger partial charge in [-0.3, -0.25) is 14.4 Å². The van der Waals surface area contributed by atoms with Crippen LogP contribution in [0.25, 0.3) is 10.8 Å². The van der Waals surface area contributed by atoms with E-state index < -0.39 is 40.0 Å². The Bertz CT molecular complexity index is 1700. The molecule has 0 aromatic heterocycles. The topological polar surface area (TPSA) is 166 Å². The van der Waals surface area contributed by atoms with Gasteiger partial charge in [-0.15, -0.1) is 0 Å². The van der Waals surface area contributed by atoms with Crippen molar-refractivity contribution in [1.29, 1.82) is 0 Å². The lowest BCUT2D eigenvalue weighted by atomic mass is 9.83. The van der Waals surface area contributed by atoms with E-state index in [4.69, 9.17) is 0 Å². The molecule has 3 aromatic rings. The lowest BCUT2D eigenvalue weighted by Gasteiger charge is -2.34. The third-order valence-electron chi connectivity index (χ3n) is 10.6. The first-order chi connectivity index (χ1) is 24.5. The second-order valence-corrected chi connectivity index (χ2v) is 16.1. The monoisotopic (exact) mass is 719 g/mol. The molecular formula is C39H53N5O6S. The van der Waals surface area contributed by atoms with Gasteiger partial charge in [-0.05, 0) is 125 Å². The minimum Gasteiger partial charge on any atom is -0.480 e. The molecule has 5 rings (SSSR count). The number of nitrogens with one attached hydrogen (secondary N) is 5. The average Bonchev–Trinajstić information content (AvgIpc) is 3.14. The molecule has 3 aromatic carbocycles. The Balaban J connectivity index is 1.26. The van der Waals surface area contributed by atoms with Crippen LogP contribution >= 0.6 is 0 Å². The maximum absolute atomic E-state index is 14.2. The van der Waals surface area contributed by atoms with Crippen molar-refractivity contribution in [3.63, 3.8) is 0 Å². The highest BCUT2D eigenvalue weighted by Crippen LogP contribution is 2.30. The summed E-state index contributed by atoms with van der Waals surface area (Å²) in [6, 6.07) is 19.5. The summed E-state index contributed by atoms with van der Waals surface area (Å²) >= 11 is 0. The molecule has 2 fully saturated rings. The smallest absolute Gasteiger partial charge is 0.323 e. The predicted molar refractivity (Wildman–Crippen MR) is 198 cm³/mol. The summed E-state index contributed by atoms with van der Waals surface area (Å²) in [6.45, 7) is 5.36. The van der Waals surface area contributed by atoms with Crippen LogP contribution in [0, 0.1) is 17.8 Å². The van der Waals surface area contributed by atoms with Crippen LogP contribution < -0.4 is 26.0 Å². The van der Waals surface area contributed by atoms with E-state index in [9.17, 15) is 27.9 Å². The minimum absolute atomic E-state index is 0.0759. The van der Waals surface area contributed by atoms with E-state index in [0.717, 1.165) is 88.5 Å². The Morgan fingerprint density at radius 2 is 1.39 bits per heavy atom. The van der Waals surface area contributed by atoms with E-state index in [1.54, 1.807) is 18.2 Å². The standard InChI is InChI=1S/C39H53N5O6S/c1-39(33-9-3-2-4-10-33,43-37(46)31(13-11-28-17-21-40-22-18-28)14-12-29-19-23-41-24-20-29)26-36(45)42-27-35(38(47)48)44-51(49,50)34-16-15-30-7-5-6-8-32(30)25-34/h2-10,15-16,25,28-29,31,35,40-41,44H,11-14,17-24,26-27H2,1H3,(H,42,45)(H,43,46)(H,47,48). The van der Waals surface area contributed by atoms with Crippen molar-refractivity contribution in [2.24, 2.45) is 17.8 Å². The molecular weight excluding hydrogens is 667 g/mol. The maximum atomic E-state index is 14.2. The SMILES string of the molecule is CC(CC(=O)NCC(NS(=O)(=O)c1ccc2ccccc2c1)C(=O)O)(NC(=O)C(CCC1CCNCC1)CCC1CCNCC1)c1ccccc1. The number of sulfonamides is 1. The summed E-state index contributed by atoms with van der Waals surface area (Å²) in [4.78, 5) is 39.8. The van der Waals surface area contributed by atoms with E-state index in [1.807, 2.05) is 49.4 Å². The van der Waals surface area contributed by atoms with Gasteiger partial charge in [0, 0.05) is 12.5 Å². The molecule has 12 heteroatoms. The molecule has 0 aliphatic carbocycles. The number of hydrogen-bond acceptors (Lipinski definition) is 7. The molecule has 0 bridgehead atoms. The van der Waals surface area contributed by atoms with E-state index in [1.165, 1.54) is 12.1 Å². The van der Waals surface area contributed by atoms with Crippen molar-refractivity contribution in [2.75, 3.05) is 32.7 Å². The van der Waals surface area contributed by atoms with Gasteiger partial charge < -0.3 is 26.4 Å². The number of hydrogen-bond donors (Lipinski definition) is 6. The molecule has 2 amide bonds. The van der Waals surface area contributed by atoms with E-state index in [2.05, 4.69) is 26.0 Å². The second-order valence-electron chi connectivity index (χ2n) is 14.4. The highest BCUT2D eigenvalue weighted by molar-refractivity contribution is 7.89. The highest BCUT2D eigenvalue weighted by Gasteiger charge is 2.35. The van der Waals surface area contributed by atoms with Crippen molar-refractivity contribution in [3.05, 3.63) is 78.4 Å². The average molecular weight is 720 g/mol. The number of carboxylic acid groups (broad SMARTS) is 1. The number of rotatable bonds is 17. The predicted octanol–water partition coefficient (Wildman–Crippen LogP) is 4.29. The number of carbonyl (C=O) groups excluding carboxylic acids is 2. The van der Waals surface area contributed by atoms with Crippen molar-refractivity contribution >= 4 is 38.6 Å². The Hall–Kier alpha value is -3.84. The number of carboxylic acids is 1. The maximum Gasteiger partial charge on any atom is 0.323 e. The summed E-state index contributed by atoms with van der Waals surface area (Å²) in [5.41, 5.74) is -0.344. The number of aliphatic carboxylic acids is 1. The van der Waals surface area contributed by atoms with Crippen molar-refractivity contribution < 1.29 is 27.9 Å². The molecule has 2 unspecified atom stereocenters. The lowest BCUT2D eigenvalue weighted by Crippen LogP contribution is -2.51. The van der Waals surface area contributed by atoms with Gasteiger partial charge in [-0.1, -0.05) is 60.7 Å². The molecule has 2 saturated heterocycles. The van der Waals surface area contributed by atoms with Crippen LogP contribution in [-0.4, -0.2) is 70.1 Å². The molecule has 2 aliphatic rings. The molecule has 0 saturated carbocycles. The number of piperidine rings is 2. The summed E-state index contributed by atoms with van der Waals surface area (Å²) in [5.74, 6) is -1.03. The Kier molecular flexibility index (Phi) is 13.6. The van der Waals surface area contributed by atoms with Crippen LogP contribution in [0.4, 0.5) is 0 Å². The first-order valence-electron chi connectivity index (χ1n) is 18.3. The van der Waals surface area contributed by atoms with Gasteiger partial charge >= 0.3 is 5.97 Å². The zero-order chi connectivity index (χ0) is 36.3. The molecule has 11 nitrogen and oxygen atoms in total. The van der Waals surface area contributed by atoms with Gasteiger partial charge in [-0.25, -0.2) is 8.42 Å². The van der Waals surface area contributed by atoms with Crippen LogP contribution in [0.2, 0.25) is 0 Å². The molecule has 276 valence electrons. The Morgan fingerprint density at radius 3 is 1.98 bits per heavy atom. The van der Waals surface area contributed by atoms with Crippen LogP contribution in [0.5, 0.6) is 0 Å². The molecule has 0 radical (unpaired) electrons. The van der Waals surface area contributed by atoms with Gasteiger partial charge in [0.25, 0.3) is 0 Å². The summed E-state index contributed by atoms with van der Waals surface area (Å²) in [5, 5.41) is 24.2. The summed E-state index contributed by atoms with van der Waals surface area (Å²) in [6.07, 6.45) is 7.83. The van der Waals surface area contributed by atoms with Gasteiger partial charge in [0.1, 0.15) is 6.04 Å². The number of amides is 2. The van der Waals surface area contributed by atoms with Crippen molar-refractivity contribution in [3.8, 4) is 0 Å². The summed E-state index contributed by atoms with van der Waals surface area (Å²) < 4.78 is 28.6. The van der Waals surface area contributed by atoms with Crippen molar-refractivity contribution in [1.82, 2.24) is 26.0 Å². The molecule has 0 spiro atoms. The van der Waals surface area contributed by atoms with E-state index >= 15 is 0 Å². The minimum atomic E-state index is -4.22. The fourth-order valence-electron chi connectivity index (χ4n) is 7.39. The first-order valence-corrected chi connectivity index (χ1v) is 19.8. The second kappa shape index (κ2) is 18.1. The van der Waals surface area contributed by atoms with Crippen LogP contribution in [-0.2, 0) is 29.9 Å². The molecule has 51 heavy (non-hydrogen) atoms. The molecule has 6 N–H and O–H groups in total. The quantitative estimate of drug-likeness (QED) is 0.120. The molecule has 2 heterocycles. The Morgan fingerprint density at radius 1 is 0.824 bits per heavy atom. The van der Waals surface area contributed by atoms with Crippen molar-refractivity contribution in [2.45, 2.75) is 81.2 Å². The van der Waals surface area contributed by atoms with Gasteiger partial charge in [0.05, 0.1) is 16.9 Å². The van der Waals surface area contributed by atoms with Crippen LogP contribution in [0.15, 0.2) is 77.7 Å². The van der Waals surface area contributed by atoms with Gasteiger partial charge in [-0.2, -0.15) is 4.72 Å². The number of fused-ring (bicyclic) bond motifs is 1. The van der Waals surface area contributed by atoms with Crippen LogP contribution in [0.1, 0.15) is 70.3 Å². The largest absolute Gasteiger partial charge is 0.480 e. The zero-order valence-corrected chi connectivity index (χ0v) is 30.4. The summed E-state index contributed by atoms with van der Waals surface area (Å²) in [7, 11) is -4.22. The number of benzene rings is 3. The van der Waals surface area contributed by atoms with E-state index in [0.29, 0.717) is 17.2 Å². The molecule has 2 atom stereocenters. The van der Waals surface area contributed by atoms with Crippen LogP contribution in [0.3, 0.4) is 0 Å².